The number of unbranched alkanes of at least 4 members (excludes halogenated alkanes) is 9. The first-order valence-electron chi connectivity index (χ1n) is 9.11. The molecule has 3 N–H and O–H groups in total. The van der Waals surface area contributed by atoms with Crippen LogP contribution in [-0.4, -0.2) is 18.5 Å². The Morgan fingerprint density at radius 3 is 1.86 bits per heavy atom. The third-order valence-electron chi connectivity index (χ3n) is 3.89. The van der Waals surface area contributed by atoms with E-state index in [2.05, 4.69) is 26.1 Å². The summed E-state index contributed by atoms with van der Waals surface area (Å²) in [4.78, 5) is 11.7. The summed E-state index contributed by atoms with van der Waals surface area (Å²) in [6, 6.07) is -0.340. The van der Waals surface area contributed by atoms with Crippen molar-refractivity contribution in [3.63, 3.8) is 0 Å². The van der Waals surface area contributed by atoms with Crippen molar-refractivity contribution in [3.05, 3.63) is 0 Å². The fourth-order valence-electron chi connectivity index (χ4n) is 2.57. The Morgan fingerprint density at radius 1 is 0.905 bits per heavy atom. The van der Waals surface area contributed by atoms with Gasteiger partial charge in [0.05, 0.1) is 6.04 Å². The molecule has 0 aliphatic heterocycles. The van der Waals surface area contributed by atoms with E-state index < -0.39 is 0 Å². The molecule has 0 rings (SSSR count). The van der Waals surface area contributed by atoms with Crippen molar-refractivity contribution in [2.45, 2.75) is 97.4 Å². The third kappa shape index (κ3) is 14.1. The molecule has 3 nitrogen and oxygen atoms in total. The van der Waals surface area contributed by atoms with Gasteiger partial charge in [0, 0.05) is 6.54 Å². The number of nitrogens with two attached hydrogens (primary N) is 1. The molecule has 0 aliphatic rings. The first-order valence-corrected chi connectivity index (χ1v) is 9.11. The van der Waals surface area contributed by atoms with Crippen LogP contribution < -0.4 is 11.1 Å². The van der Waals surface area contributed by atoms with Gasteiger partial charge in [-0.25, -0.2) is 0 Å². The highest BCUT2D eigenvalue weighted by Gasteiger charge is 2.13. The van der Waals surface area contributed by atoms with Gasteiger partial charge >= 0.3 is 0 Å². The minimum Gasteiger partial charge on any atom is -0.355 e. The summed E-state index contributed by atoms with van der Waals surface area (Å²) in [5.41, 5.74) is 5.84. The highest BCUT2D eigenvalue weighted by molar-refractivity contribution is 5.81. The molecular weight excluding hydrogens is 260 g/mol. The van der Waals surface area contributed by atoms with Crippen LogP contribution in [0.25, 0.3) is 0 Å². The maximum Gasteiger partial charge on any atom is 0.236 e. The zero-order valence-electron chi connectivity index (χ0n) is 14.6. The lowest BCUT2D eigenvalue weighted by molar-refractivity contribution is -0.122. The lowest BCUT2D eigenvalue weighted by atomic mass is 10.0. The number of hydrogen-bond donors (Lipinski definition) is 2. The maximum absolute atomic E-state index is 11.7. The Kier molecular flexibility index (Phi) is 14.0. The molecule has 1 atom stereocenters. The molecule has 3 heteroatoms. The summed E-state index contributed by atoms with van der Waals surface area (Å²) in [7, 11) is 0. The van der Waals surface area contributed by atoms with E-state index in [1.54, 1.807) is 0 Å². The molecule has 0 spiro atoms. The van der Waals surface area contributed by atoms with Crippen LogP contribution in [0.5, 0.6) is 0 Å². The summed E-state index contributed by atoms with van der Waals surface area (Å²) < 4.78 is 0. The lowest BCUT2D eigenvalue weighted by Gasteiger charge is -2.14. The highest BCUT2D eigenvalue weighted by atomic mass is 16.2. The predicted molar refractivity (Wildman–Crippen MR) is 92.3 cm³/mol. The van der Waals surface area contributed by atoms with Crippen LogP contribution >= 0.6 is 0 Å². The minimum absolute atomic E-state index is 0.0135. The summed E-state index contributed by atoms with van der Waals surface area (Å²) in [5.74, 6) is 0.489. The van der Waals surface area contributed by atoms with Crippen molar-refractivity contribution in [2.75, 3.05) is 6.54 Å². The molecular formula is C18H38N2O. The van der Waals surface area contributed by atoms with Gasteiger partial charge in [0.25, 0.3) is 0 Å². The molecule has 126 valence electrons. The maximum atomic E-state index is 11.7. The first-order chi connectivity index (χ1) is 10.1. The average Bonchev–Trinajstić information content (AvgIpc) is 2.43. The molecule has 0 saturated carbocycles. The number of amides is 1. The Morgan fingerprint density at radius 2 is 1.38 bits per heavy atom. The number of carbonyl (C=O) groups is 1. The smallest absolute Gasteiger partial charge is 0.236 e. The molecule has 0 aromatic heterocycles. The molecule has 0 aliphatic carbocycles. The SMILES string of the molecule is CCCCCCCCCCCCNC(=O)[C@@H](N)CC(C)C. The molecule has 0 aromatic carbocycles. The molecule has 0 fully saturated rings. The van der Waals surface area contributed by atoms with Gasteiger partial charge in [0.1, 0.15) is 0 Å². The van der Waals surface area contributed by atoms with Crippen molar-refractivity contribution >= 4 is 5.91 Å². The molecule has 0 unspecified atom stereocenters. The number of hydrogen-bond acceptors (Lipinski definition) is 2. The molecule has 1 amide bonds. The molecule has 0 heterocycles. The highest BCUT2D eigenvalue weighted by Crippen LogP contribution is 2.10. The van der Waals surface area contributed by atoms with Gasteiger partial charge in [-0.05, 0) is 18.8 Å². The van der Waals surface area contributed by atoms with Crippen LogP contribution in [0.3, 0.4) is 0 Å². The van der Waals surface area contributed by atoms with Crippen molar-refractivity contribution in [3.8, 4) is 0 Å². The Hall–Kier alpha value is -0.570. The van der Waals surface area contributed by atoms with E-state index in [1.807, 2.05) is 0 Å². The van der Waals surface area contributed by atoms with E-state index in [4.69, 9.17) is 5.73 Å². The van der Waals surface area contributed by atoms with Gasteiger partial charge in [0.2, 0.25) is 5.91 Å². The second kappa shape index (κ2) is 14.4. The van der Waals surface area contributed by atoms with Crippen molar-refractivity contribution in [2.24, 2.45) is 11.7 Å². The van der Waals surface area contributed by atoms with Crippen molar-refractivity contribution < 1.29 is 4.79 Å². The summed E-state index contributed by atoms with van der Waals surface area (Å²) in [6.45, 7) is 7.22. The average molecular weight is 299 g/mol. The molecule has 0 aromatic rings. The zero-order valence-corrected chi connectivity index (χ0v) is 14.6. The summed E-state index contributed by atoms with van der Waals surface area (Å²) in [6.07, 6.45) is 14.0. The predicted octanol–water partition coefficient (Wildman–Crippen LogP) is 4.40. The largest absolute Gasteiger partial charge is 0.355 e. The third-order valence-corrected chi connectivity index (χ3v) is 3.89. The van der Waals surface area contributed by atoms with Crippen LogP contribution in [0.2, 0.25) is 0 Å². The first kappa shape index (κ1) is 20.4. The molecule has 0 saturated heterocycles. The van der Waals surface area contributed by atoms with Crippen molar-refractivity contribution in [1.29, 1.82) is 0 Å². The van der Waals surface area contributed by atoms with Gasteiger partial charge in [-0.3, -0.25) is 4.79 Å². The van der Waals surface area contributed by atoms with E-state index in [-0.39, 0.29) is 11.9 Å². The van der Waals surface area contributed by atoms with Crippen LogP contribution in [0.1, 0.15) is 91.4 Å². The van der Waals surface area contributed by atoms with Gasteiger partial charge < -0.3 is 11.1 Å². The number of carbonyl (C=O) groups excluding carboxylic acids is 1. The van der Waals surface area contributed by atoms with Crippen molar-refractivity contribution in [1.82, 2.24) is 5.32 Å². The Bertz CT molecular complexity index is 241. The molecule has 0 radical (unpaired) electrons. The van der Waals surface area contributed by atoms with E-state index >= 15 is 0 Å². The lowest BCUT2D eigenvalue weighted by Crippen LogP contribution is -2.41. The van der Waals surface area contributed by atoms with Crippen LogP contribution in [0, 0.1) is 5.92 Å². The van der Waals surface area contributed by atoms with E-state index in [1.165, 1.54) is 57.8 Å². The monoisotopic (exact) mass is 298 g/mol. The van der Waals surface area contributed by atoms with Crippen LogP contribution in [0.4, 0.5) is 0 Å². The second-order valence-corrected chi connectivity index (χ2v) is 6.71. The van der Waals surface area contributed by atoms with Crippen LogP contribution in [-0.2, 0) is 4.79 Å². The van der Waals surface area contributed by atoms with Crippen LogP contribution in [0.15, 0.2) is 0 Å². The normalized spacial score (nSPS) is 12.6. The summed E-state index contributed by atoms with van der Waals surface area (Å²) >= 11 is 0. The standard InChI is InChI=1S/C18H38N2O/c1-4-5-6-7-8-9-10-11-12-13-14-20-18(21)17(19)15-16(2)3/h16-17H,4-15,19H2,1-3H3,(H,20,21)/t17-/m0/s1. The van der Waals surface area contributed by atoms with E-state index in [9.17, 15) is 4.79 Å². The minimum atomic E-state index is -0.340. The van der Waals surface area contributed by atoms with Gasteiger partial charge in [-0.1, -0.05) is 78.6 Å². The second-order valence-electron chi connectivity index (χ2n) is 6.71. The topological polar surface area (TPSA) is 55.1 Å². The molecule has 21 heavy (non-hydrogen) atoms. The summed E-state index contributed by atoms with van der Waals surface area (Å²) in [5, 5.41) is 2.95. The van der Waals surface area contributed by atoms with Gasteiger partial charge in [-0.2, -0.15) is 0 Å². The molecule has 0 bridgehead atoms. The fourth-order valence-corrected chi connectivity index (χ4v) is 2.57. The Balaban J connectivity index is 3.26. The fraction of sp³-hybridized carbons (Fsp3) is 0.944. The number of rotatable bonds is 14. The van der Waals surface area contributed by atoms with Gasteiger partial charge in [0.15, 0.2) is 0 Å². The number of nitrogens with one attached hydrogen (secondary N) is 1. The van der Waals surface area contributed by atoms with Gasteiger partial charge in [-0.15, -0.1) is 0 Å². The Labute approximate surface area is 132 Å². The quantitative estimate of drug-likeness (QED) is 0.467. The zero-order chi connectivity index (χ0) is 15.9. The van der Waals surface area contributed by atoms with E-state index in [0.29, 0.717) is 5.92 Å². The van der Waals surface area contributed by atoms with E-state index in [0.717, 1.165) is 19.4 Å².